The Bertz CT molecular complexity index is 790. The molecule has 3 fully saturated rings. The van der Waals surface area contributed by atoms with Gasteiger partial charge in [-0.15, -0.1) is 12.4 Å². The summed E-state index contributed by atoms with van der Waals surface area (Å²) in [6.07, 6.45) is 1.48. The molecule has 0 aliphatic carbocycles. The molecule has 1 unspecified atom stereocenters. The van der Waals surface area contributed by atoms with Crippen molar-refractivity contribution in [2.45, 2.75) is 25.8 Å². The molecule has 28 heavy (non-hydrogen) atoms. The number of hydrogen-bond donors (Lipinski definition) is 1. The van der Waals surface area contributed by atoms with Gasteiger partial charge in [0, 0.05) is 49.9 Å². The van der Waals surface area contributed by atoms with E-state index in [1.807, 2.05) is 4.90 Å². The number of fused-ring (bicyclic) bond motifs is 1. The van der Waals surface area contributed by atoms with Crippen LogP contribution in [0.2, 0.25) is 0 Å². The SMILES string of the molecule is Cc1cc(C(=O)N2CCCC2C(=O)N2C[C@H]3CNC[C@H]3C2)ccc1[N+](=O)[O-].Cl. The standard InChI is InChI=1S/C19H24N4O4.ClH/c1-12-7-13(4-5-16(12)23(26)27)18(24)22-6-2-3-17(22)19(25)21-10-14-8-20-9-15(14)11-21;/h4-5,7,14-15,17,20H,2-3,6,8-11H2,1H3;1H/t14-,15+,17?;. The molecule has 0 bridgehead atoms. The van der Waals surface area contributed by atoms with E-state index in [4.69, 9.17) is 0 Å². The number of nitro benzene ring substituents is 1. The molecule has 0 spiro atoms. The number of carbonyl (C=O) groups excluding carboxylic acids is 2. The molecular weight excluding hydrogens is 384 g/mol. The van der Waals surface area contributed by atoms with Crippen LogP contribution in [0, 0.1) is 28.9 Å². The molecule has 1 aromatic carbocycles. The minimum Gasteiger partial charge on any atom is -0.340 e. The van der Waals surface area contributed by atoms with Crippen molar-refractivity contribution >= 4 is 29.9 Å². The first kappa shape index (κ1) is 20.5. The van der Waals surface area contributed by atoms with Gasteiger partial charge in [0.1, 0.15) is 6.04 Å². The van der Waals surface area contributed by atoms with Gasteiger partial charge < -0.3 is 15.1 Å². The summed E-state index contributed by atoms with van der Waals surface area (Å²) in [7, 11) is 0. The van der Waals surface area contributed by atoms with Crippen molar-refractivity contribution in [1.29, 1.82) is 0 Å². The zero-order valence-corrected chi connectivity index (χ0v) is 16.6. The van der Waals surface area contributed by atoms with Crippen molar-refractivity contribution in [2.24, 2.45) is 11.8 Å². The number of benzene rings is 1. The van der Waals surface area contributed by atoms with Gasteiger partial charge in [-0.3, -0.25) is 19.7 Å². The van der Waals surface area contributed by atoms with Crippen LogP contribution in [0.15, 0.2) is 18.2 Å². The molecule has 8 nitrogen and oxygen atoms in total. The van der Waals surface area contributed by atoms with E-state index < -0.39 is 11.0 Å². The molecule has 2 amide bonds. The lowest BCUT2D eigenvalue weighted by molar-refractivity contribution is -0.385. The number of likely N-dealkylation sites (tertiary alicyclic amines) is 2. The highest BCUT2D eigenvalue weighted by Crippen LogP contribution is 2.30. The molecule has 3 heterocycles. The maximum atomic E-state index is 13.1. The average molecular weight is 409 g/mol. The molecule has 0 aromatic heterocycles. The molecular formula is C19H25ClN4O4. The summed E-state index contributed by atoms with van der Waals surface area (Å²) < 4.78 is 0. The zero-order valence-electron chi connectivity index (χ0n) is 15.8. The van der Waals surface area contributed by atoms with Crippen molar-refractivity contribution in [2.75, 3.05) is 32.7 Å². The monoisotopic (exact) mass is 408 g/mol. The Kier molecular flexibility index (Phi) is 5.90. The number of halogens is 1. The molecule has 152 valence electrons. The highest BCUT2D eigenvalue weighted by molar-refractivity contribution is 5.98. The smallest absolute Gasteiger partial charge is 0.272 e. The number of nitrogens with one attached hydrogen (secondary N) is 1. The molecule has 0 saturated carbocycles. The number of aryl methyl sites for hydroxylation is 1. The molecule has 4 rings (SSSR count). The normalized spacial score (nSPS) is 26.1. The van der Waals surface area contributed by atoms with Crippen LogP contribution in [0.3, 0.4) is 0 Å². The Morgan fingerprint density at radius 2 is 1.89 bits per heavy atom. The minimum absolute atomic E-state index is 0. The number of nitrogens with zero attached hydrogens (tertiary/aromatic N) is 3. The van der Waals surface area contributed by atoms with E-state index >= 15 is 0 Å². The van der Waals surface area contributed by atoms with Crippen LogP contribution < -0.4 is 5.32 Å². The van der Waals surface area contributed by atoms with Gasteiger partial charge in [0.15, 0.2) is 0 Å². The molecule has 1 aromatic rings. The van der Waals surface area contributed by atoms with Gasteiger partial charge in [0.25, 0.3) is 11.6 Å². The third-order valence-electron chi connectivity index (χ3n) is 6.14. The quantitative estimate of drug-likeness (QED) is 0.605. The Labute approximate surface area is 169 Å². The highest BCUT2D eigenvalue weighted by Gasteiger charge is 2.43. The van der Waals surface area contributed by atoms with Crippen molar-refractivity contribution in [3.8, 4) is 0 Å². The maximum absolute atomic E-state index is 13.1. The van der Waals surface area contributed by atoms with Crippen LogP contribution in [-0.2, 0) is 4.79 Å². The Hall–Kier alpha value is -2.19. The van der Waals surface area contributed by atoms with Gasteiger partial charge in [0.05, 0.1) is 4.92 Å². The predicted octanol–water partition coefficient (Wildman–Crippen LogP) is 1.61. The third kappa shape index (κ3) is 3.58. The molecule has 3 saturated heterocycles. The van der Waals surface area contributed by atoms with Crippen LogP contribution in [-0.4, -0.2) is 65.3 Å². The second kappa shape index (κ2) is 8.05. The first-order chi connectivity index (χ1) is 13.0. The summed E-state index contributed by atoms with van der Waals surface area (Å²) in [6.45, 7) is 5.64. The van der Waals surface area contributed by atoms with E-state index in [1.54, 1.807) is 17.9 Å². The third-order valence-corrected chi connectivity index (χ3v) is 6.14. The lowest BCUT2D eigenvalue weighted by atomic mass is 10.0. The van der Waals surface area contributed by atoms with Crippen LogP contribution in [0.5, 0.6) is 0 Å². The molecule has 3 aliphatic heterocycles. The second-order valence-corrected chi connectivity index (χ2v) is 7.84. The second-order valence-electron chi connectivity index (χ2n) is 7.84. The summed E-state index contributed by atoms with van der Waals surface area (Å²) in [5, 5.41) is 14.4. The van der Waals surface area contributed by atoms with E-state index in [0.717, 1.165) is 32.6 Å². The number of nitro groups is 1. The summed E-state index contributed by atoms with van der Waals surface area (Å²) in [4.78, 5) is 40.1. The van der Waals surface area contributed by atoms with Crippen molar-refractivity contribution in [3.05, 3.63) is 39.4 Å². The average Bonchev–Trinajstić information content (AvgIpc) is 3.35. The van der Waals surface area contributed by atoms with Crippen molar-refractivity contribution in [1.82, 2.24) is 15.1 Å². The molecule has 3 atom stereocenters. The number of hydrogen-bond acceptors (Lipinski definition) is 5. The number of carbonyl (C=O) groups is 2. The van der Waals surface area contributed by atoms with Crippen LogP contribution >= 0.6 is 12.4 Å². The Morgan fingerprint density at radius 3 is 2.50 bits per heavy atom. The Balaban J connectivity index is 0.00000225. The Morgan fingerprint density at radius 1 is 1.21 bits per heavy atom. The lowest BCUT2D eigenvalue weighted by Crippen LogP contribution is -2.47. The largest absolute Gasteiger partial charge is 0.340 e. The number of amides is 2. The van der Waals surface area contributed by atoms with E-state index in [-0.39, 0.29) is 29.9 Å². The van der Waals surface area contributed by atoms with E-state index in [1.165, 1.54) is 12.1 Å². The fraction of sp³-hybridized carbons (Fsp3) is 0.579. The number of rotatable bonds is 3. The van der Waals surface area contributed by atoms with Gasteiger partial charge in [-0.1, -0.05) is 0 Å². The van der Waals surface area contributed by atoms with Crippen LogP contribution in [0.25, 0.3) is 0 Å². The first-order valence-electron chi connectivity index (χ1n) is 9.51. The van der Waals surface area contributed by atoms with Gasteiger partial charge in [-0.2, -0.15) is 0 Å². The molecule has 0 radical (unpaired) electrons. The summed E-state index contributed by atoms with van der Waals surface area (Å²) in [5.41, 5.74) is 0.853. The predicted molar refractivity (Wildman–Crippen MR) is 106 cm³/mol. The van der Waals surface area contributed by atoms with E-state index in [0.29, 0.717) is 35.9 Å². The molecule has 3 aliphatic rings. The van der Waals surface area contributed by atoms with Crippen molar-refractivity contribution in [3.63, 3.8) is 0 Å². The minimum atomic E-state index is -0.453. The fourth-order valence-electron chi connectivity index (χ4n) is 4.67. The molecule has 1 N–H and O–H groups in total. The fourth-order valence-corrected chi connectivity index (χ4v) is 4.67. The van der Waals surface area contributed by atoms with Gasteiger partial charge in [0.2, 0.25) is 5.91 Å². The van der Waals surface area contributed by atoms with Gasteiger partial charge in [-0.05, 0) is 43.7 Å². The highest BCUT2D eigenvalue weighted by atomic mass is 35.5. The summed E-state index contributed by atoms with van der Waals surface area (Å²) in [6, 6.07) is 3.98. The van der Waals surface area contributed by atoms with Crippen LogP contribution in [0.1, 0.15) is 28.8 Å². The van der Waals surface area contributed by atoms with Crippen molar-refractivity contribution < 1.29 is 14.5 Å². The maximum Gasteiger partial charge on any atom is 0.272 e. The van der Waals surface area contributed by atoms with Gasteiger partial charge >= 0.3 is 0 Å². The summed E-state index contributed by atoms with van der Waals surface area (Å²) in [5.74, 6) is 0.882. The first-order valence-corrected chi connectivity index (χ1v) is 9.51. The molecule has 9 heteroatoms. The lowest BCUT2D eigenvalue weighted by Gasteiger charge is -2.28. The summed E-state index contributed by atoms with van der Waals surface area (Å²) >= 11 is 0. The van der Waals surface area contributed by atoms with E-state index in [9.17, 15) is 19.7 Å². The van der Waals surface area contributed by atoms with E-state index in [2.05, 4.69) is 5.32 Å². The zero-order chi connectivity index (χ0) is 19.1. The topological polar surface area (TPSA) is 95.8 Å². The van der Waals surface area contributed by atoms with Gasteiger partial charge in [-0.25, -0.2) is 0 Å². The van der Waals surface area contributed by atoms with Crippen LogP contribution in [0.4, 0.5) is 5.69 Å².